The first-order valence-electron chi connectivity index (χ1n) is 11.1. The van der Waals surface area contributed by atoms with Gasteiger partial charge in [0, 0.05) is 42.8 Å². The van der Waals surface area contributed by atoms with Crippen molar-refractivity contribution in [1.29, 1.82) is 0 Å². The van der Waals surface area contributed by atoms with E-state index in [1.807, 2.05) is 40.6 Å². The van der Waals surface area contributed by atoms with Gasteiger partial charge < -0.3 is 15.6 Å². The maximum Gasteiger partial charge on any atom is 0.282 e. The first-order valence-corrected chi connectivity index (χ1v) is 12.9. The first-order chi connectivity index (χ1) is 16.5. The number of thiophene rings is 1. The van der Waals surface area contributed by atoms with E-state index in [0.717, 1.165) is 28.9 Å². The zero-order valence-electron chi connectivity index (χ0n) is 18.8. The lowest BCUT2D eigenvalue weighted by molar-refractivity contribution is -0.128. The molecule has 0 aliphatic carbocycles. The SMILES string of the molecule is Cc1cccc(N2CCN(C(=O)CSc3nc4scc(-c5ccccc5)c4c(=O)n3N)CC2)c1. The quantitative estimate of drug-likeness (QED) is 0.261. The predicted molar refractivity (Wildman–Crippen MR) is 140 cm³/mol. The van der Waals surface area contributed by atoms with E-state index in [0.29, 0.717) is 28.5 Å². The van der Waals surface area contributed by atoms with Gasteiger partial charge in [0.1, 0.15) is 4.83 Å². The van der Waals surface area contributed by atoms with Gasteiger partial charge in [0.25, 0.3) is 5.56 Å². The molecule has 1 saturated heterocycles. The summed E-state index contributed by atoms with van der Waals surface area (Å²) in [6.45, 7) is 5.01. The number of piperazine rings is 1. The van der Waals surface area contributed by atoms with E-state index in [4.69, 9.17) is 5.84 Å². The van der Waals surface area contributed by atoms with Gasteiger partial charge >= 0.3 is 0 Å². The molecule has 9 heteroatoms. The van der Waals surface area contributed by atoms with E-state index in [-0.39, 0.29) is 17.2 Å². The number of thioether (sulfide) groups is 1. The third kappa shape index (κ3) is 4.41. The topological polar surface area (TPSA) is 84.5 Å². The standard InChI is InChI=1S/C25H25N5O2S2/c1-17-6-5-9-19(14-17)28-10-12-29(13-11-28)21(31)16-34-25-27-23-22(24(32)30(25)26)20(15-33-23)18-7-3-2-4-8-18/h2-9,14-15H,10-13,16,26H2,1H3. The van der Waals surface area contributed by atoms with Crippen LogP contribution in [-0.2, 0) is 4.79 Å². The Morgan fingerprint density at radius 1 is 1.09 bits per heavy atom. The molecule has 2 aromatic heterocycles. The molecule has 2 aromatic carbocycles. The average Bonchev–Trinajstić information content (AvgIpc) is 3.30. The van der Waals surface area contributed by atoms with Crippen LogP contribution in [0.5, 0.6) is 0 Å². The van der Waals surface area contributed by atoms with Gasteiger partial charge in [-0.1, -0.05) is 54.2 Å². The molecule has 1 amide bonds. The van der Waals surface area contributed by atoms with Crippen LogP contribution in [0.15, 0.2) is 69.9 Å². The van der Waals surface area contributed by atoms with Gasteiger partial charge in [0.05, 0.1) is 11.1 Å². The van der Waals surface area contributed by atoms with Crippen LogP contribution in [0.2, 0.25) is 0 Å². The number of anilines is 1. The maximum absolute atomic E-state index is 13.0. The minimum atomic E-state index is -0.299. The number of nitrogens with two attached hydrogens (primary N) is 1. The van der Waals surface area contributed by atoms with Gasteiger partial charge in [-0.05, 0) is 30.2 Å². The van der Waals surface area contributed by atoms with Gasteiger partial charge in [0.2, 0.25) is 5.91 Å². The average molecular weight is 492 g/mol. The van der Waals surface area contributed by atoms with E-state index in [9.17, 15) is 9.59 Å². The minimum absolute atomic E-state index is 0.0272. The van der Waals surface area contributed by atoms with Crippen LogP contribution in [-0.4, -0.2) is 52.4 Å². The fourth-order valence-electron chi connectivity index (χ4n) is 4.17. The number of amides is 1. The first kappa shape index (κ1) is 22.5. The Hall–Kier alpha value is -3.30. The Morgan fingerprint density at radius 3 is 2.59 bits per heavy atom. The van der Waals surface area contributed by atoms with Crippen molar-refractivity contribution < 1.29 is 4.79 Å². The molecule has 0 atom stereocenters. The molecule has 0 radical (unpaired) electrons. The molecule has 0 unspecified atom stereocenters. The Balaban J connectivity index is 1.26. The summed E-state index contributed by atoms with van der Waals surface area (Å²) in [5, 5.41) is 2.80. The molecule has 2 N–H and O–H groups in total. The van der Waals surface area contributed by atoms with Gasteiger partial charge in [-0.2, -0.15) is 0 Å². The molecule has 5 rings (SSSR count). The van der Waals surface area contributed by atoms with Gasteiger partial charge in [-0.3, -0.25) is 9.59 Å². The van der Waals surface area contributed by atoms with Crippen LogP contribution in [0.1, 0.15) is 5.56 Å². The van der Waals surface area contributed by atoms with Crippen molar-refractivity contribution in [1.82, 2.24) is 14.6 Å². The molecular weight excluding hydrogens is 466 g/mol. The highest BCUT2D eigenvalue weighted by atomic mass is 32.2. The maximum atomic E-state index is 13.0. The summed E-state index contributed by atoms with van der Waals surface area (Å²) in [6.07, 6.45) is 0. The van der Waals surface area contributed by atoms with E-state index in [1.54, 1.807) is 0 Å². The van der Waals surface area contributed by atoms with Crippen molar-refractivity contribution in [2.75, 3.05) is 42.7 Å². The van der Waals surface area contributed by atoms with Gasteiger partial charge in [0.15, 0.2) is 5.16 Å². The van der Waals surface area contributed by atoms with E-state index in [1.165, 1.54) is 34.3 Å². The zero-order valence-corrected chi connectivity index (χ0v) is 20.4. The zero-order chi connectivity index (χ0) is 23.7. The lowest BCUT2D eigenvalue weighted by Gasteiger charge is -2.36. The predicted octanol–water partition coefficient (Wildman–Crippen LogP) is 3.59. The van der Waals surface area contributed by atoms with Crippen molar-refractivity contribution in [2.45, 2.75) is 12.1 Å². The monoisotopic (exact) mass is 491 g/mol. The molecule has 3 heterocycles. The van der Waals surface area contributed by atoms with Gasteiger partial charge in [-0.15, -0.1) is 11.3 Å². The molecule has 1 aliphatic rings. The van der Waals surface area contributed by atoms with Crippen LogP contribution < -0.4 is 16.3 Å². The molecule has 174 valence electrons. The van der Waals surface area contributed by atoms with Crippen molar-refractivity contribution in [3.05, 3.63) is 75.9 Å². The highest BCUT2D eigenvalue weighted by Gasteiger charge is 2.23. The molecular formula is C25H25N5O2S2. The number of benzene rings is 2. The third-order valence-corrected chi connectivity index (χ3v) is 7.83. The normalized spacial score (nSPS) is 14.0. The number of carbonyl (C=O) groups excluding carboxylic acids is 1. The van der Waals surface area contributed by atoms with Crippen LogP contribution in [0, 0.1) is 6.92 Å². The summed E-state index contributed by atoms with van der Waals surface area (Å²) in [7, 11) is 0. The smallest absolute Gasteiger partial charge is 0.282 e. The Labute approximate surface area is 205 Å². The summed E-state index contributed by atoms with van der Waals surface area (Å²) in [6, 6.07) is 18.1. The summed E-state index contributed by atoms with van der Waals surface area (Å²) < 4.78 is 1.06. The summed E-state index contributed by atoms with van der Waals surface area (Å²) in [5.41, 5.74) is 3.90. The number of nitrogens with zero attached hydrogens (tertiary/aromatic N) is 4. The van der Waals surface area contributed by atoms with Crippen molar-refractivity contribution in [3.8, 4) is 11.1 Å². The number of aromatic nitrogens is 2. The largest absolute Gasteiger partial charge is 0.368 e. The molecule has 0 bridgehead atoms. The second-order valence-corrected chi connectivity index (χ2v) is 10.1. The second-order valence-electron chi connectivity index (χ2n) is 8.26. The van der Waals surface area contributed by atoms with Crippen LogP contribution in [0.25, 0.3) is 21.3 Å². The highest BCUT2D eigenvalue weighted by Crippen LogP contribution is 2.31. The van der Waals surface area contributed by atoms with E-state index < -0.39 is 0 Å². The molecule has 34 heavy (non-hydrogen) atoms. The Morgan fingerprint density at radius 2 is 1.85 bits per heavy atom. The van der Waals surface area contributed by atoms with Crippen LogP contribution in [0.4, 0.5) is 5.69 Å². The fourth-order valence-corrected chi connectivity index (χ4v) is 5.98. The molecule has 7 nitrogen and oxygen atoms in total. The fraction of sp³-hybridized carbons (Fsp3) is 0.240. The molecule has 1 fully saturated rings. The van der Waals surface area contributed by atoms with Crippen LogP contribution in [0.3, 0.4) is 0 Å². The Kier molecular flexibility index (Phi) is 6.30. The molecule has 0 saturated carbocycles. The summed E-state index contributed by atoms with van der Waals surface area (Å²) in [5.74, 6) is 6.33. The van der Waals surface area contributed by atoms with Crippen molar-refractivity contribution >= 4 is 44.9 Å². The summed E-state index contributed by atoms with van der Waals surface area (Å²) >= 11 is 2.62. The number of hydrogen-bond acceptors (Lipinski definition) is 7. The van der Waals surface area contributed by atoms with Crippen molar-refractivity contribution in [2.24, 2.45) is 0 Å². The molecule has 0 spiro atoms. The number of carbonyl (C=O) groups is 1. The minimum Gasteiger partial charge on any atom is -0.368 e. The second kappa shape index (κ2) is 9.52. The lowest BCUT2D eigenvalue weighted by Crippen LogP contribution is -2.49. The molecule has 4 aromatic rings. The van der Waals surface area contributed by atoms with E-state index >= 15 is 0 Å². The number of nitrogen functional groups attached to an aromatic ring is 1. The van der Waals surface area contributed by atoms with Crippen molar-refractivity contribution in [3.63, 3.8) is 0 Å². The lowest BCUT2D eigenvalue weighted by atomic mass is 10.1. The van der Waals surface area contributed by atoms with Gasteiger partial charge in [-0.25, -0.2) is 9.66 Å². The van der Waals surface area contributed by atoms with Crippen LogP contribution >= 0.6 is 23.1 Å². The van der Waals surface area contributed by atoms with E-state index in [2.05, 4.69) is 41.1 Å². The number of rotatable bonds is 5. The third-order valence-electron chi connectivity index (χ3n) is 6.02. The highest BCUT2D eigenvalue weighted by molar-refractivity contribution is 7.99. The number of aryl methyl sites for hydroxylation is 1. The Bertz CT molecular complexity index is 1390. The number of hydrogen-bond donors (Lipinski definition) is 1. The number of fused-ring (bicyclic) bond motifs is 1. The summed E-state index contributed by atoms with van der Waals surface area (Å²) in [4.78, 5) is 35.3. The molecule has 1 aliphatic heterocycles.